The van der Waals surface area contributed by atoms with Gasteiger partial charge >= 0.3 is 0 Å². The van der Waals surface area contributed by atoms with E-state index in [0.29, 0.717) is 17.8 Å². The lowest BCUT2D eigenvalue weighted by Gasteiger charge is -2.22. The number of benzene rings is 1. The summed E-state index contributed by atoms with van der Waals surface area (Å²) in [6.07, 6.45) is 3.42. The van der Waals surface area contributed by atoms with E-state index in [4.69, 9.17) is 0 Å². The summed E-state index contributed by atoms with van der Waals surface area (Å²) in [7, 11) is 0. The third-order valence-corrected chi connectivity index (χ3v) is 4.14. The molecule has 5 heteroatoms. The van der Waals surface area contributed by atoms with Crippen LogP contribution in [0.1, 0.15) is 27.2 Å². The Hall–Kier alpha value is -2.79. The van der Waals surface area contributed by atoms with Crippen LogP contribution in [0.25, 0.3) is 10.9 Å². The molecule has 0 saturated carbocycles. The van der Waals surface area contributed by atoms with Crippen LogP contribution < -0.4 is 0 Å². The van der Waals surface area contributed by atoms with E-state index in [2.05, 4.69) is 9.97 Å². The van der Waals surface area contributed by atoms with Crippen molar-refractivity contribution in [1.29, 1.82) is 0 Å². The van der Waals surface area contributed by atoms with Crippen LogP contribution in [0.15, 0.2) is 48.8 Å². The highest BCUT2D eigenvalue weighted by molar-refractivity contribution is 5.98. The summed E-state index contributed by atoms with van der Waals surface area (Å²) in [6, 6.07) is 11.6. The summed E-state index contributed by atoms with van der Waals surface area (Å²) in [5, 5.41) is 10.3. The first kappa shape index (κ1) is 17.0. The first-order valence-corrected chi connectivity index (χ1v) is 8.25. The maximum Gasteiger partial charge on any atom is 0.256 e. The average Bonchev–Trinajstić information content (AvgIpc) is 2.61. The van der Waals surface area contributed by atoms with E-state index < -0.39 is 0 Å². The number of amides is 1. The number of hydrogen-bond acceptors (Lipinski definition) is 4. The number of carbonyl (C=O) groups excluding carboxylic acids is 1. The second-order valence-electron chi connectivity index (χ2n) is 6.13. The minimum absolute atomic E-state index is 0.0921. The van der Waals surface area contributed by atoms with E-state index in [9.17, 15) is 9.90 Å². The molecule has 1 amide bonds. The first-order chi connectivity index (χ1) is 12.1. The van der Waals surface area contributed by atoms with Gasteiger partial charge in [-0.2, -0.15) is 0 Å². The van der Waals surface area contributed by atoms with Crippen LogP contribution in [-0.4, -0.2) is 39.0 Å². The maximum absolute atomic E-state index is 13.0. The smallest absolute Gasteiger partial charge is 0.256 e. The van der Waals surface area contributed by atoms with Crippen molar-refractivity contribution < 1.29 is 9.90 Å². The zero-order valence-corrected chi connectivity index (χ0v) is 14.4. The van der Waals surface area contributed by atoms with Gasteiger partial charge in [-0.25, -0.2) is 0 Å². The van der Waals surface area contributed by atoms with Crippen LogP contribution in [0, 0.1) is 13.8 Å². The normalized spacial score (nSPS) is 10.8. The molecule has 0 aliphatic heterocycles. The van der Waals surface area contributed by atoms with Crippen molar-refractivity contribution >= 4 is 16.8 Å². The molecular formula is C20H21N3O2. The summed E-state index contributed by atoms with van der Waals surface area (Å²) in [5.74, 6) is -0.133. The molecule has 0 saturated heterocycles. The summed E-state index contributed by atoms with van der Waals surface area (Å²) >= 11 is 0. The van der Waals surface area contributed by atoms with Gasteiger partial charge in [-0.15, -0.1) is 0 Å². The average molecular weight is 335 g/mol. The van der Waals surface area contributed by atoms with Crippen molar-refractivity contribution in [3.63, 3.8) is 0 Å². The largest absolute Gasteiger partial charge is 0.395 e. The Balaban J connectivity index is 1.96. The molecule has 3 rings (SSSR count). The Morgan fingerprint density at radius 3 is 2.76 bits per heavy atom. The SMILES string of the molecule is Cc1ccc2nc(C)c(C(=O)N(CCO)Cc3cccnc3)cc2c1. The van der Waals surface area contributed by atoms with Crippen LogP contribution in [0.2, 0.25) is 0 Å². The molecular weight excluding hydrogens is 314 g/mol. The Bertz CT molecular complexity index is 894. The second kappa shape index (κ2) is 7.40. The number of pyridine rings is 2. The molecule has 0 fully saturated rings. The van der Waals surface area contributed by atoms with Gasteiger partial charge in [0, 0.05) is 30.9 Å². The highest BCUT2D eigenvalue weighted by atomic mass is 16.3. The van der Waals surface area contributed by atoms with E-state index in [1.165, 1.54) is 0 Å². The summed E-state index contributed by atoms with van der Waals surface area (Å²) in [6.45, 7) is 4.43. The fourth-order valence-electron chi connectivity index (χ4n) is 2.86. The van der Waals surface area contributed by atoms with Gasteiger partial charge in [-0.1, -0.05) is 17.7 Å². The number of aromatic nitrogens is 2. The van der Waals surface area contributed by atoms with Crippen LogP contribution in [0.3, 0.4) is 0 Å². The molecule has 1 aromatic carbocycles. The number of nitrogens with zero attached hydrogens (tertiary/aromatic N) is 3. The number of aryl methyl sites for hydroxylation is 2. The highest BCUT2D eigenvalue weighted by Crippen LogP contribution is 2.20. The Morgan fingerprint density at radius 1 is 1.20 bits per heavy atom. The van der Waals surface area contributed by atoms with Gasteiger partial charge in [-0.3, -0.25) is 14.8 Å². The molecule has 0 radical (unpaired) electrons. The number of carbonyl (C=O) groups is 1. The fraction of sp³-hybridized carbons (Fsp3) is 0.250. The van der Waals surface area contributed by atoms with Crippen molar-refractivity contribution in [2.75, 3.05) is 13.2 Å². The molecule has 0 aliphatic rings. The number of aliphatic hydroxyl groups excluding tert-OH is 1. The van der Waals surface area contributed by atoms with E-state index in [0.717, 1.165) is 22.0 Å². The molecule has 2 heterocycles. The van der Waals surface area contributed by atoms with Gasteiger partial charge in [0.05, 0.1) is 23.4 Å². The summed E-state index contributed by atoms with van der Waals surface area (Å²) < 4.78 is 0. The van der Waals surface area contributed by atoms with Gasteiger partial charge in [0.2, 0.25) is 0 Å². The monoisotopic (exact) mass is 335 g/mol. The Labute approximate surface area is 147 Å². The Morgan fingerprint density at radius 2 is 2.04 bits per heavy atom. The zero-order valence-electron chi connectivity index (χ0n) is 14.4. The van der Waals surface area contributed by atoms with Gasteiger partial charge in [-0.05, 0) is 43.7 Å². The molecule has 0 spiro atoms. The number of aliphatic hydroxyl groups is 1. The van der Waals surface area contributed by atoms with E-state index in [-0.39, 0.29) is 19.1 Å². The number of hydrogen-bond donors (Lipinski definition) is 1. The molecule has 25 heavy (non-hydrogen) atoms. The van der Waals surface area contributed by atoms with Gasteiger partial charge in [0.1, 0.15) is 0 Å². The molecule has 3 aromatic rings. The molecule has 0 bridgehead atoms. The van der Waals surface area contributed by atoms with Crippen molar-refractivity contribution in [2.45, 2.75) is 20.4 Å². The molecule has 0 atom stereocenters. The number of rotatable bonds is 5. The van der Waals surface area contributed by atoms with E-state index >= 15 is 0 Å². The second-order valence-corrected chi connectivity index (χ2v) is 6.13. The fourth-order valence-corrected chi connectivity index (χ4v) is 2.86. The van der Waals surface area contributed by atoms with Gasteiger partial charge in [0.25, 0.3) is 5.91 Å². The minimum atomic E-state index is -0.133. The first-order valence-electron chi connectivity index (χ1n) is 8.25. The number of fused-ring (bicyclic) bond motifs is 1. The lowest BCUT2D eigenvalue weighted by Crippen LogP contribution is -2.33. The van der Waals surface area contributed by atoms with Crippen molar-refractivity contribution in [3.8, 4) is 0 Å². The van der Waals surface area contributed by atoms with Crippen molar-refractivity contribution in [2.24, 2.45) is 0 Å². The predicted molar refractivity (Wildman–Crippen MR) is 97.3 cm³/mol. The Kier molecular flexibility index (Phi) is 5.05. The highest BCUT2D eigenvalue weighted by Gasteiger charge is 2.19. The molecule has 5 nitrogen and oxygen atoms in total. The van der Waals surface area contributed by atoms with Gasteiger partial charge in [0.15, 0.2) is 0 Å². The van der Waals surface area contributed by atoms with E-state index in [1.807, 2.05) is 50.2 Å². The third kappa shape index (κ3) is 3.83. The molecule has 128 valence electrons. The van der Waals surface area contributed by atoms with Crippen LogP contribution in [0.5, 0.6) is 0 Å². The maximum atomic E-state index is 13.0. The summed E-state index contributed by atoms with van der Waals surface area (Å²) in [4.78, 5) is 23.3. The predicted octanol–water partition coefficient (Wildman–Crippen LogP) is 2.88. The minimum Gasteiger partial charge on any atom is -0.395 e. The van der Waals surface area contributed by atoms with Crippen LogP contribution in [0.4, 0.5) is 0 Å². The van der Waals surface area contributed by atoms with Gasteiger partial charge < -0.3 is 10.0 Å². The van der Waals surface area contributed by atoms with Crippen molar-refractivity contribution in [1.82, 2.24) is 14.9 Å². The zero-order chi connectivity index (χ0) is 17.8. The third-order valence-electron chi connectivity index (χ3n) is 4.14. The lowest BCUT2D eigenvalue weighted by atomic mass is 10.1. The van der Waals surface area contributed by atoms with Crippen molar-refractivity contribution in [3.05, 3.63) is 71.2 Å². The molecule has 0 unspecified atom stereocenters. The topological polar surface area (TPSA) is 66.3 Å². The van der Waals surface area contributed by atoms with Crippen LogP contribution in [-0.2, 0) is 6.54 Å². The van der Waals surface area contributed by atoms with E-state index in [1.54, 1.807) is 17.3 Å². The lowest BCUT2D eigenvalue weighted by molar-refractivity contribution is 0.0706. The van der Waals surface area contributed by atoms with Crippen LogP contribution >= 0.6 is 0 Å². The standard InChI is InChI=1S/C20H21N3O2/c1-14-5-6-19-17(10-14)11-18(15(2)22-19)20(25)23(8-9-24)13-16-4-3-7-21-12-16/h3-7,10-12,24H,8-9,13H2,1-2H3. The quantitative estimate of drug-likeness (QED) is 0.778. The molecule has 0 aliphatic carbocycles. The molecule has 1 N–H and O–H groups in total. The molecule has 2 aromatic heterocycles. The summed E-state index contributed by atoms with van der Waals surface area (Å²) in [5.41, 5.74) is 4.18.